The van der Waals surface area contributed by atoms with E-state index in [0.717, 1.165) is 12.1 Å². The monoisotopic (exact) mass is 271 g/mol. The van der Waals surface area contributed by atoms with Gasteiger partial charge in [0, 0.05) is 5.69 Å². The van der Waals surface area contributed by atoms with Crippen LogP contribution in [0.1, 0.15) is 0 Å². The predicted octanol–water partition coefficient (Wildman–Crippen LogP) is 2.50. The van der Waals surface area contributed by atoms with Crippen molar-refractivity contribution >= 4 is 24.1 Å². The average Bonchev–Trinajstić information content (AvgIpc) is 2.14. The molecule has 2 N–H and O–H groups in total. The molecule has 0 atom stereocenters. The maximum absolute atomic E-state index is 11.8. The molecular weight excluding hydrogens is 263 g/mol. The van der Waals surface area contributed by atoms with E-state index >= 15 is 0 Å². The van der Waals surface area contributed by atoms with Gasteiger partial charge in [0.25, 0.3) is 0 Å². The molecule has 0 saturated carbocycles. The van der Waals surface area contributed by atoms with Gasteiger partial charge in [-0.2, -0.15) is 0 Å². The maximum atomic E-state index is 11.8. The lowest BCUT2D eigenvalue weighted by molar-refractivity contribution is -0.274. The van der Waals surface area contributed by atoms with Crippen molar-refractivity contribution in [1.29, 1.82) is 0 Å². The Morgan fingerprint density at radius 2 is 1.82 bits per heavy atom. The molecule has 0 unspecified atom stereocenters. The second kappa shape index (κ2) is 6.19. The highest BCUT2D eigenvalue weighted by atomic mass is 35.5. The van der Waals surface area contributed by atoms with Gasteiger partial charge in [-0.15, -0.1) is 25.6 Å². The number of benzene rings is 1. The molecule has 0 spiro atoms. The molecule has 0 heterocycles. The van der Waals surface area contributed by atoms with Crippen LogP contribution in [0.5, 0.6) is 5.75 Å². The van der Waals surface area contributed by atoms with Gasteiger partial charge in [0.2, 0.25) is 0 Å². The van der Waals surface area contributed by atoms with Crippen LogP contribution in [0.4, 0.5) is 18.9 Å². The SMILES string of the molecule is Cl.O=C(O)CNc1ccc(OC(F)(F)F)cc1. The molecule has 1 rings (SSSR count). The van der Waals surface area contributed by atoms with Crippen molar-refractivity contribution in [2.45, 2.75) is 6.36 Å². The van der Waals surface area contributed by atoms with Crippen LogP contribution in [0.25, 0.3) is 0 Å². The number of rotatable bonds is 4. The van der Waals surface area contributed by atoms with Crippen LogP contribution >= 0.6 is 12.4 Å². The number of nitrogens with one attached hydrogen (secondary N) is 1. The minimum atomic E-state index is -4.73. The predicted molar refractivity (Wildman–Crippen MR) is 56.5 cm³/mol. The molecular formula is C9H9ClF3NO3. The Morgan fingerprint density at radius 1 is 1.29 bits per heavy atom. The fourth-order valence-corrected chi connectivity index (χ4v) is 0.952. The van der Waals surface area contributed by atoms with Crippen LogP contribution in [-0.4, -0.2) is 24.0 Å². The average molecular weight is 272 g/mol. The molecule has 8 heteroatoms. The molecule has 17 heavy (non-hydrogen) atoms. The third-order valence-electron chi connectivity index (χ3n) is 1.53. The first-order valence-electron chi connectivity index (χ1n) is 4.18. The molecule has 0 aliphatic rings. The van der Waals surface area contributed by atoms with Gasteiger partial charge in [0.1, 0.15) is 12.3 Å². The maximum Gasteiger partial charge on any atom is 0.573 e. The molecule has 4 nitrogen and oxygen atoms in total. The molecule has 1 aromatic carbocycles. The molecule has 0 aromatic heterocycles. The molecule has 1 aromatic rings. The van der Waals surface area contributed by atoms with Gasteiger partial charge < -0.3 is 15.2 Å². The number of ether oxygens (including phenoxy) is 1. The lowest BCUT2D eigenvalue weighted by Gasteiger charge is -2.09. The number of carboxylic acid groups (broad SMARTS) is 1. The molecule has 0 bridgehead atoms. The summed E-state index contributed by atoms with van der Waals surface area (Å²) < 4.78 is 39.0. The van der Waals surface area contributed by atoms with E-state index in [4.69, 9.17) is 5.11 Å². The Bertz CT molecular complexity index is 367. The number of alkyl halides is 3. The van der Waals surface area contributed by atoms with Crippen molar-refractivity contribution in [3.8, 4) is 5.75 Å². The van der Waals surface area contributed by atoms with Crippen LogP contribution in [-0.2, 0) is 4.79 Å². The van der Waals surface area contributed by atoms with E-state index in [9.17, 15) is 18.0 Å². The zero-order valence-corrected chi connectivity index (χ0v) is 9.14. The highest BCUT2D eigenvalue weighted by Crippen LogP contribution is 2.23. The van der Waals surface area contributed by atoms with Crippen molar-refractivity contribution in [2.24, 2.45) is 0 Å². The quantitative estimate of drug-likeness (QED) is 0.883. The van der Waals surface area contributed by atoms with Gasteiger partial charge >= 0.3 is 12.3 Å². The van der Waals surface area contributed by atoms with E-state index in [-0.39, 0.29) is 24.7 Å². The van der Waals surface area contributed by atoms with Crippen LogP contribution in [0.3, 0.4) is 0 Å². The normalized spacial score (nSPS) is 10.3. The third-order valence-corrected chi connectivity index (χ3v) is 1.53. The lowest BCUT2D eigenvalue weighted by Crippen LogP contribution is -2.17. The van der Waals surface area contributed by atoms with Crippen LogP contribution < -0.4 is 10.1 Å². The smallest absolute Gasteiger partial charge is 0.480 e. The fraction of sp³-hybridized carbons (Fsp3) is 0.222. The zero-order valence-electron chi connectivity index (χ0n) is 8.32. The Morgan fingerprint density at radius 3 is 2.24 bits per heavy atom. The number of anilines is 1. The van der Waals surface area contributed by atoms with Crippen molar-refractivity contribution in [3.63, 3.8) is 0 Å². The number of carbonyl (C=O) groups is 1. The minimum absolute atomic E-state index is 0. The number of aliphatic carboxylic acids is 1. The Kier molecular flexibility index (Phi) is 5.60. The third kappa shape index (κ3) is 6.52. The van der Waals surface area contributed by atoms with Crippen molar-refractivity contribution < 1.29 is 27.8 Å². The van der Waals surface area contributed by atoms with Gasteiger partial charge in [-0.25, -0.2) is 0 Å². The first-order valence-corrected chi connectivity index (χ1v) is 4.18. The van der Waals surface area contributed by atoms with E-state index in [0.29, 0.717) is 5.69 Å². The van der Waals surface area contributed by atoms with E-state index in [2.05, 4.69) is 10.1 Å². The zero-order chi connectivity index (χ0) is 12.2. The summed E-state index contributed by atoms with van der Waals surface area (Å²) in [5.74, 6) is -1.41. The van der Waals surface area contributed by atoms with E-state index in [1.54, 1.807) is 0 Å². The molecule has 96 valence electrons. The van der Waals surface area contributed by atoms with Crippen molar-refractivity contribution in [3.05, 3.63) is 24.3 Å². The van der Waals surface area contributed by atoms with Gasteiger partial charge in [-0.3, -0.25) is 4.79 Å². The number of carboxylic acids is 1. The minimum Gasteiger partial charge on any atom is -0.480 e. The number of halogens is 4. The summed E-state index contributed by atoms with van der Waals surface area (Å²) in [4.78, 5) is 10.2. The summed E-state index contributed by atoms with van der Waals surface area (Å²) in [5, 5.41) is 10.8. The molecule has 0 radical (unpaired) electrons. The summed E-state index contributed by atoms with van der Waals surface area (Å²) in [6, 6.07) is 4.78. The van der Waals surface area contributed by atoms with Crippen LogP contribution in [0, 0.1) is 0 Å². The molecule has 0 amide bonds. The topological polar surface area (TPSA) is 58.6 Å². The first-order chi connectivity index (χ1) is 7.37. The van der Waals surface area contributed by atoms with Crippen molar-refractivity contribution in [2.75, 3.05) is 11.9 Å². The number of hydrogen-bond acceptors (Lipinski definition) is 3. The van der Waals surface area contributed by atoms with E-state index < -0.39 is 12.3 Å². The fourth-order valence-electron chi connectivity index (χ4n) is 0.952. The summed E-state index contributed by atoms with van der Waals surface area (Å²) in [7, 11) is 0. The molecule has 0 aliphatic heterocycles. The van der Waals surface area contributed by atoms with Gasteiger partial charge in [-0.1, -0.05) is 0 Å². The highest BCUT2D eigenvalue weighted by Gasteiger charge is 2.30. The lowest BCUT2D eigenvalue weighted by atomic mass is 10.3. The second-order valence-corrected chi connectivity index (χ2v) is 2.82. The summed E-state index contributed by atoms with van der Waals surface area (Å²) in [5.41, 5.74) is 0.400. The Hall–Kier alpha value is -1.63. The van der Waals surface area contributed by atoms with Gasteiger partial charge in [0.15, 0.2) is 0 Å². The molecule has 0 saturated heterocycles. The largest absolute Gasteiger partial charge is 0.573 e. The first kappa shape index (κ1) is 15.4. The Balaban J connectivity index is 0.00000256. The standard InChI is InChI=1S/C9H8F3NO3.ClH/c10-9(11,12)16-7-3-1-6(2-4-7)13-5-8(14)15;/h1-4,13H,5H2,(H,14,15);1H. The molecule has 0 fully saturated rings. The second-order valence-electron chi connectivity index (χ2n) is 2.82. The summed E-state index contributed by atoms with van der Waals surface area (Å²) in [6.45, 7) is -0.306. The number of hydrogen-bond donors (Lipinski definition) is 2. The highest BCUT2D eigenvalue weighted by molar-refractivity contribution is 5.85. The van der Waals surface area contributed by atoms with E-state index in [1.165, 1.54) is 12.1 Å². The van der Waals surface area contributed by atoms with Gasteiger partial charge in [0.05, 0.1) is 0 Å². The summed E-state index contributed by atoms with van der Waals surface area (Å²) in [6.07, 6.45) is -4.73. The van der Waals surface area contributed by atoms with Crippen LogP contribution in [0.2, 0.25) is 0 Å². The molecule has 0 aliphatic carbocycles. The van der Waals surface area contributed by atoms with Crippen molar-refractivity contribution in [1.82, 2.24) is 0 Å². The van der Waals surface area contributed by atoms with E-state index in [1.807, 2.05) is 0 Å². The van der Waals surface area contributed by atoms with Gasteiger partial charge in [-0.05, 0) is 24.3 Å². The summed E-state index contributed by atoms with van der Waals surface area (Å²) >= 11 is 0. The Labute approximate surface area is 101 Å². The van der Waals surface area contributed by atoms with Crippen LogP contribution in [0.15, 0.2) is 24.3 Å².